The van der Waals surface area contributed by atoms with Gasteiger partial charge in [-0.15, -0.1) is 0 Å². The van der Waals surface area contributed by atoms with Crippen LogP contribution in [0.1, 0.15) is 15.7 Å². The Balaban J connectivity index is -0.000000000629. The zero-order valence-corrected chi connectivity index (χ0v) is 38.1. The number of hydrogen-bond acceptors (Lipinski definition) is 2. The van der Waals surface area contributed by atoms with Gasteiger partial charge in [-0.2, -0.15) is 8.42 Å². The molecule has 19 heavy (non-hydrogen) atoms. The van der Waals surface area contributed by atoms with Crippen molar-refractivity contribution < 1.29 is 367 Å². The van der Waals surface area contributed by atoms with Crippen molar-refractivity contribution in [3.63, 3.8) is 0 Å². The first-order valence-corrected chi connectivity index (χ1v) is 3.19. The van der Waals surface area contributed by atoms with Gasteiger partial charge in [-0.1, -0.05) is 0 Å². The molecule has 0 aromatic heterocycles. The topological polar surface area (TPSA) is 115 Å². The van der Waals surface area contributed by atoms with Gasteiger partial charge in [0, 0.05) is 0 Å². The molecule has 19 heteroatoms. The van der Waals surface area contributed by atoms with E-state index in [0.717, 1.165) is 0 Å². The van der Waals surface area contributed by atoms with Gasteiger partial charge in [-0.3, -0.25) is 18.2 Å². The van der Waals surface area contributed by atoms with Crippen LogP contribution in [-0.4, -0.2) is 26.6 Å². The summed E-state index contributed by atoms with van der Waals surface area (Å²) in [6, 6.07) is 0. The molecule has 0 atom stereocenters. The molecule has 0 aromatic rings. The predicted molar refractivity (Wildman–Crippen MR) is 39.0 cm³/mol. The quantitative estimate of drug-likeness (QED) is 0.225. The van der Waals surface area contributed by atoms with Crippen molar-refractivity contribution in [3.8, 4) is 0 Å². The van der Waals surface area contributed by atoms with E-state index in [1.54, 1.807) is 0 Å². The molecule has 0 bridgehead atoms. The molecule has 0 heterocycles. The summed E-state index contributed by atoms with van der Waals surface area (Å²) in [6.45, 7) is 0. The third-order valence-corrected chi connectivity index (χ3v) is 0. The molecule has 0 saturated carbocycles. The van der Waals surface area contributed by atoms with Gasteiger partial charge in [0.1, 0.15) is 0 Å². The predicted octanol–water partition coefficient (Wildman–Crippen LogP) is -32.4. The van der Waals surface area contributed by atoms with Gasteiger partial charge in [0.2, 0.25) is 0 Å². The van der Waals surface area contributed by atoms with Crippen LogP contribution in [0.4, 0.5) is 0 Å². The van der Waals surface area contributed by atoms with Gasteiger partial charge in [-0.05, 0) is 0 Å². The average Bonchev–Trinajstić information content (AvgIpc) is 1.25. The van der Waals surface area contributed by atoms with Crippen molar-refractivity contribution in [2.45, 2.75) is 0 Å². The maximum absolute atomic E-state index is 8.67. The van der Waals surface area contributed by atoms with Crippen molar-refractivity contribution in [2.75, 3.05) is 0 Å². The van der Waals surface area contributed by atoms with Gasteiger partial charge < -0.3 is 15.7 Å². The molecule has 0 aliphatic rings. The van der Waals surface area contributed by atoms with Gasteiger partial charge in [0.05, 0.1) is 0 Å². The molecule has 74 valence electrons. The third-order valence-electron chi connectivity index (χ3n) is 0. The Labute approximate surface area is 379 Å². The Morgan fingerprint density at radius 1 is 0.421 bits per heavy atom. The summed E-state index contributed by atoms with van der Waals surface area (Å²) in [6.07, 6.45) is 0. The third kappa shape index (κ3) is 173. The van der Waals surface area contributed by atoms with Crippen molar-refractivity contribution in [2.24, 2.45) is 0 Å². The van der Waals surface area contributed by atoms with Gasteiger partial charge >= 0.3 is 325 Å². The molecule has 4 N–H and O–H groups in total. The first-order chi connectivity index (χ1) is 3.46. The van der Waals surface area contributed by atoms with Crippen molar-refractivity contribution in [3.05, 3.63) is 0 Å². The standard InChI is InChI=1S/11Na.2H2O3S.11H/c;;;;;;;;;;;2*1-4(2)3;;;;;;;;;;;/h;;;;;;;;;;;2*(H2,1,2,3);;;;;;;;;;;/q11*+1;;;11*-1. The van der Waals surface area contributed by atoms with E-state index < -0.39 is 22.7 Å². The average molecular weight is 428 g/mol. The molecule has 0 fully saturated rings. The summed E-state index contributed by atoms with van der Waals surface area (Å²) in [4.78, 5) is 0. The van der Waals surface area contributed by atoms with E-state index in [0.29, 0.717) is 0 Å². The van der Waals surface area contributed by atoms with Crippen LogP contribution in [0.15, 0.2) is 0 Å². The van der Waals surface area contributed by atoms with E-state index in [2.05, 4.69) is 0 Å². The molecular formula is H15Na11O6S2. The van der Waals surface area contributed by atoms with Crippen LogP contribution in [0.5, 0.6) is 0 Å². The van der Waals surface area contributed by atoms with E-state index in [-0.39, 0.29) is 341 Å². The van der Waals surface area contributed by atoms with Crippen LogP contribution in [0.3, 0.4) is 0 Å². The zero-order valence-electron chi connectivity index (χ0n) is 25.4. The molecule has 0 rings (SSSR count). The first kappa shape index (κ1) is 87.1. The van der Waals surface area contributed by atoms with Crippen LogP contribution in [0, 0.1) is 0 Å². The van der Waals surface area contributed by atoms with Crippen molar-refractivity contribution in [1.82, 2.24) is 0 Å². The molecule has 0 spiro atoms. The van der Waals surface area contributed by atoms with Gasteiger partial charge in [-0.25, -0.2) is 0 Å². The molecule has 0 saturated heterocycles. The van der Waals surface area contributed by atoms with E-state index in [4.69, 9.17) is 26.6 Å². The minimum atomic E-state index is -2.61. The Morgan fingerprint density at radius 3 is 0.421 bits per heavy atom. The van der Waals surface area contributed by atoms with Gasteiger partial charge in [0.15, 0.2) is 0 Å². The summed E-state index contributed by atoms with van der Waals surface area (Å²) < 4.78 is 45.7. The van der Waals surface area contributed by atoms with Crippen LogP contribution in [-0.2, 0) is 22.7 Å². The molecular weight excluding hydrogens is 413 g/mol. The smallest absolute Gasteiger partial charge is 1.00 e. The maximum atomic E-state index is 8.67. The molecule has 0 unspecified atom stereocenters. The van der Waals surface area contributed by atoms with Crippen LogP contribution < -0.4 is 325 Å². The Bertz CT molecular complexity index is 112. The fourth-order valence-corrected chi connectivity index (χ4v) is 0. The summed E-state index contributed by atoms with van der Waals surface area (Å²) in [5.41, 5.74) is 0. The first-order valence-electron chi connectivity index (χ1n) is 1.06. The van der Waals surface area contributed by atoms with Gasteiger partial charge in [0.25, 0.3) is 22.7 Å². The minimum Gasteiger partial charge on any atom is -1.00 e. The minimum absolute atomic E-state index is 0. The summed E-state index contributed by atoms with van der Waals surface area (Å²) in [5, 5.41) is 0. The Kier molecular flexibility index (Phi) is 360. The Morgan fingerprint density at radius 2 is 0.421 bits per heavy atom. The summed E-state index contributed by atoms with van der Waals surface area (Å²) >= 11 is -5.22. The normalized spacial score (nSPS) is 3.68. The van der Waals surface area contributed by atoms with E-state index in [1.807, 2.05) is 0 Å². The molecule has 0 amide bonds. The SMILES string of the molecule is O=S(O)O.O=S(O)O.[H-].[H-].[H-].[H-].[H-].[H-].[H-].[H-].[H-].[H-].[H-].[Na+].[Na+].[Na+].[Na+].[Na+].[Na+].[Na+].[Na+].[Na+].[Na+].[Na+]. The number of hydrogen-bond donors (Lipinski definition) is 4. The number of rotatable bonds is 0. The Hall–Kier alpha value is 11.1. The van der Waals surface area contributed by atoms with E-state index in [9.17, 15) is 0 Å². The second-order valence-corrected chi connectivity index (χ2v) is 1.38. The molecule has 0 aliphatic heterocycles. The fourth-order valence-electron chi connectivity index (χ4n) is 0. The van der Waals surface area contributed by atoms with E-state index in [1.165, 1.54) is 0 Å². The fraction of sp³-hybridized carbons (Fsp3) is 0. The summed E-state index contributed by atoms with van der Waals surface area (Å²) in [5.74, 6) is 0. The largest absolute Gasteiger partial charge is 1.00 e. The van der Waals surface area contributed by atoms with Crippen LogP contribution in [0.25, 0.3) is 0 Å². The van der Waals surface area contributed by atoms with Crippen LogP contribution >= 0.6 is 0 Å². The maximum Gasteiger partial charge on any atom is 1.00 e. The molecule has 6 nitrogen and oxygen atoms in total. The molecule has 0 aliphatic carbocycles. The monoisotopic (exact) mass is 428 g/mol. The molecule has 0 aromatic carbocycles. The molecule has 0 radical (unpaired) electrons. The summed E-state index contributed by atoms with van der Waals surface area (Å²) in [7, 11) is 0. The second kappa shape index (κ2) is 78.5. The van der Waals surface area contributed by atoms with Crippen LogP contribution in [0.2, 0.25) is 0 Å². The van der Waals surface area contributed by atoms with Crippen molar-refractivity contribution in [1.29, 1.82) is 0 Å². The zero-order chi connectivity index (χ0) is 7.15. The van der Waals surface area contributed by atoms with Crippen molar-refractivity contribution >= 4 is 22.7 Å². The second-order valence-electron chi connectivity index (χ2n) is 0.461. The van der Waals surface area contributed by atoms with E-state index >= 15 is 0 Å².